The van der Waals surface area contributed by atoms with Gasteiger partial charge in [-0.3, -0.25) is 9.59 Å². The molecule has 3 N–H and O–H groups in total. The summed E-state index contributed by atoms with van der Waals surface area (Å²) in [5.74, 6) is -1.47. The van der Waals surface area contributed by atoms with Gasteiger partial charge in [0.1, 0.15) is 13.2 Å². The van der Waals surface area contributed by atoms with E-state index in [2.05, 4.69) is 10.6 Å². The minimum atomic E-state index is -1.14. The van der Waals surface area contributed by atoms with Crippen molar-refractivity contribution in [1.29, 1.82) is 0 Å². The molecule has 0 atom stereocenters. The van der Waals surface area contributed by atoms with Gasteiger partial charge >= 0.3 is 5.97 Å². The normalized spacial score (nSPS) is 10.2. The number of carboxylic acids is 1. The predicted molar refractivity (Wildman–Crippen MR) is 96.8 cm³/mol. The van der Waals surface area contributed by atoms with Crippen LogP contribution in [0.4, 0.5) is 5.69 Å². The molecule has 25 heavy (non-hydrogen) atoms. The molecule has 6 nitrogen and oxygen atoms in total. The maximum absolute atomic E-state index is 11.9. The number of carbonyl (C=O) groups excluding carboxylic acids is 1. The van der Waals surface area contributed by atoms with Gasteiger partial charge in [0.25, 0.3) is 5.91 Å². The van der Waals surface area contributed by atoms with Crippen LogP contribution < -0.4 is 15.4 Å². The molecule has 0 spiro atoms. The molecular weight excluding hydrogens is 367 g/mol. The molecule has 2 aromatic carbocycles. The number of hydrogen-bond acceptors (Lipinski definition) is 4. The van der Waals surface area contributed by atoms with E-state index in [9.17, 15) is 9.59 Å². The molecule has 2 aromatic rings. The number of anilines is 1. The third kappa shape index (κ3) is 5.27. The summed E-state index contributed by atoms with van der Waals surface area (Å²) in [4.78, 5) is 22.4. The molecular formula is C17H16Cl2N2O4. The van der Waals surface area contributed by atoms with E-state index < -0.39 is 18.4 Å². The number of carbonyl (C=O) groups is 2. The largest absolute Gasteiger partial charge is 0.486 e. The number of hydrogen-bond donors (Lipinski definition) is 3. The van der Waals surface area contributed by atoms with Gasteiger partial charge in [-0.1, -0.05) is 35.3 Å². The fourth-order valence-electron chi connectivity index (χ4n) is 2.06. The van der Waals surface area contributed by atoms with Crippen molar-refractivity contribution >= 4 is 40.8 Å². The molecule has 0 radical (unpaired) electrons. The van der Waals surface area contributed by atoms with Crippen LogP contribution in [0.5, 0.6) is 5.75 Å². The topological polar surface area (TPSA) is 87.7 Å². The zero-order chi connectivity index (χ0) is 18.4. The molecule has 8 heteroatoms. The predicted octanol–water partition coefficient (Wildman–Crippen LogP) is 3.43. The van der Waals surface area contributed by atoms with Gasteiger partial charge in [-0.25, -0.2) is 0 Å². The Bertz CT molecular complexity index is 773. The third-order valence-electron chi connectivity index (χ3n) is 3.26. The van der Waals surface area contributed by atoms with Crippen molar-refractivity contribution in [3.63, 3.8) is 0 Å². The Hall–Kier alpha value is -2.44. The number of halogens is 2. The van der Waals surface area contributed by atoms with Crippen LogP contribution in [0.25, 0.3) is 0 Å². The Morgan fingerprint density at radius 3 is 2.44 bits per heavy atom. The molecule has 0 aliphatic rings. The highest BCUT2D eigenvalue weighted by Crippen LogP contribution is 2.35. The highest BCUT2D eigenvalue weighted by atomic mass is 35.5. The first-order chi connectivity index (χ1) is 11.9. The van der Waals surface area contributed by atoms with Gasteiger partial charge in [-0.15, -0.1) is 0 Å². The molecule has 0 aliphatic heterocycles. The molecule has 0 bridgehead atoms. The van der Waals surface area contributed by atoms with Gasteiger partial charge in [-0.2, -0.15) is 0 Å². The molecule has 0 heterocycles. The Morgan fingerprint density at radius 1 is 1.16 bits per heavy atom. The lowest BCUT2D eigenvalue weighted by Crippen LogP contribution is -2.29. The number of amides is 1. The Morgan fingerprint density at radius 2 is 1.84 bits per heavy atom. The number of carboxylic acid groups (broad SMARTS) is 1. The highest BCUT2D eigenvalue weighted by molar-refractivity contribution is 6.37. The summed E-state index contributed by atoms with van der Waals surface area (Å²) >= 11 is 12.3. The number of aliphatic carboxylic acids is 1. The average molecular weight is 383 g/mol. The molecule has 0 fully saturated rings. The van der Waals surface area contributed by atoms with E-state index in [1.165, 1.54) is 12.1 Å². The second-order valence-corrected chi connectivity index (χ2v) is 5.90. The minimum Gasteiger partial charge on any atom is -0.486 e. The van der Waals surface area contributed by atoms with E-state index in [-0.39, 0.29) is 28.0 Å². The number of rotatable bonds is 7. The van der Waals surface area contributed by atoms with Gasteiger partial charge in [0.05, 0.1) is 10.0 Å². The lowest BCUT2D eigenvalue weighted by atomic mass is 10.2. The summed E-state index contributed by atoms with van der Waals surface area (Å²) in [5.41, 5.74) is 2.02. The van der Waals surface area contributed by atoms with Crippen molar-refractivity contribution in [2.75, 3.05) is 18.9 Å². The molecule has 0 saturated heterocycles. The van der Waals surface area contributed by atoms with Crippen LogP contribution in [0.3, 0.4) is 0 Å². The quantitative estimate of drug-likeness (QED) is 0.682. The van der Waals surface area contributed by atoms with Gasteiger partial charge in [0, 0.05) is 18.3 Å². The van der Waals surface area contributed by atoms with Crippen molar-refractivity contribution in [1.82, 2.24) is 5.32 Å². The maximum Gasteiger partial charge on any atom is 0.322 e. The molecule has 132 valence electrons. The van der Waals surface area contributed by atoms with Crippen LogP contribution in [-0.4, -0.2) is 30.6 Å². The monoisotopic (exact) mass is 382 g/mol. The van der Waals surface area contributed by atoms with Crippen molar-refractivity contribution in [2.45, 2.75) is 6.61 Å². The summed E-state index contributed by atoms with van der Waals surface area (Å²) in [7, 11) is 1.82. The summed E-state index contributed by atoms with van der Waals surface area (Å²) < 4.78 is 5.67. The van der Waals surface area contributed by atoms with E-state index in [0.29, 0.717) is 0 Å². The molecule has 0 unspecified atom stereocenters. The Balaban J connectivity index is 2.11. The van der Waals surface area contributed by atoms with Crippen LogP contribution in [0.15, 0.2) is 36.4 Å². The third-order valence-corrected chi connectivity index (χ3v) is 3.82. The van der Waals surface area contributed by atoms with E-state index in [1.54, 1.807) is 0 Å². The lowest BCUT2D eigenvalue weighted by molar-refractivity contribution is -0.135. The summed E-state index contributed by atoms with van der Waals surface area (Å²) in [5, 5.41) is 14.2. The summed E-state index contributed by atoms with van der Waals surface area (Å²) in [6.45, 7) is -0.242. The van der Waals surface area contributed by atoms with Crippen molar-refractivity contribution in [3.05, 3.63) is 57.6 Å². The smallest absolute Gasteiger partial charge is 0.322 e. The zero-order valence-electron chi connectivity index (χ0n) is 13.3. The maximum atomic E-state index is 11.9. The van der Waals surface area contributed by atoms with Crippen LogP contribution in [0.2, 0.25) is 10.0 Å². The lowest BCUT2D eigenvalue weighted by Gasteiger charge is -2.12. The van der Waals surface area contributed by atoms with Gasteiger partial charge in [0.15, 0.2) is 5.75 Å². The van der Waals surface area contributed by atoms with Gasteiger partial charge < -0.3 is 20.5 Å². The first-order valence-corrected chi connectivity index (χ1v) is 8.05. The average Bonchev–Trinajstić information content (AvgIpc) is 2.58. The van der Waals surface area contributed by atoms with Crippen molar-refractivity contribution in [3.8, 4) is 5.75 Å². The molecule has 0 aliphatic carbocycles. The second-order valence-electron chi connectivity index (χ2n) is 5.08. The summed E-state index contributed by atoms with van der Waals surface area (Å²) in [6.07, 6.45) is 0. The van der Waals surface area contributed by atoms with E-state index in [1.807, 2.05) is 31.3 Å². The highest BCUT2D eigenvalue weighted by Gasteiger charge is 2.15. The fourth-order valence-corrected chi connectivity index (χ4v) is 2.66. The molecule has 0 saturated carbocycles. The summed E-state index contributed by atoms with van der Waals surface area (Å²) in [6, 6.07) is 10.4. The molecule has 1 amide bonds. The van der Waals surface area contributed by atoms with Crippen molar-refractivity contribution < 1.29 is 19.4 Å². The fraction of sp³-hybridized carbons (Fsp3) is 0.176. The standard InChI is InChI=1S/C17H16Cl2N2O4/c1-20-12-4-2-3-10(5-12)9-25-16-13(18)6-11(7-14(16)19)17(24)21-8-15(22)23/h2-7,20H,8-9H2,1H3,(H,21,24)(H,22,23). The van der Waals surface area contributed by atoms with E-state index >= 15 is 0 Å². The second kappa shape index (κ2) is 8.60. The Labute approximate surface area is 154 Å². The first-order valence-electron chi connectivity index (χ1n) is 7.29. The number of ether oxygens (including phenoxy) is 1. The van der Waals surface area contributed by atoms with Crippen molar-refractivity contribution in [2.24, 2.45) is 0 Å². The van der Waals surface area contributed by atoms with Crippen LogP contribution in [0, 0.1) is 0 Å². The van der Waals surface area contributed by atoms with E-state index in [4.69, 9.17) is 33.0 Å². The zero-order valence-corrected chi connectivity index (χ0v) is 14.8. The minimum absolute atomic E-state index is 0.154. The molecule has 2 rings (SSSR count). The SMILES string of the molecule is CNc1cccc(COc2c(Cl)cc(C(=O)NCC(=O)O)cc2Cl)c1. The first kappa shape index (κ1) is 18.9. The van der Waals surface area contributed by atoms with Crippen LogP contribution in [-0.2, 0) is 11.4 Å². The molecule has 0 aromatic heterocycles. The van der Waals surface area contributed by atoms with Gasteiger partial charge in [0.2, 0.25) is 0 Å². The van der Waals surface area contributed by atoms with E-state index in [0.717, 1.165) is 11.3 Å². The Kier molecular flexibility index (Phi) is 6.50. The van der Waals surface area contributed by atoms with Crippen LogP contribution in [0.1, 0.15) is 15.9 Å². The van der Waals surface area contributed by atoms with Crippen LogP contribution >= 0.6 is 23.2 Å². The number of nitrogens with one attached hydrogen (secondary N) is 2. The number of benzene rings is 2. The van der Waals surface area contributed by atoms with Gasteiger partial charge in [-0.05, 0) is 29.8 Å².